The Morgan fingerprint density at radius 2 is 2.12 bits per heavy atom. The number of aryl methyl sites for hydroxylation is 2. The van der Waals surface area contributed by atoms with Gasteiger partial charge in [-0.05, 0) is 31.5 Å². The van der Waals surface area contributed by atoms with Gasteiger partial charge in [-0.2, -0.15) is 0 Å². The van der Waals surface area contributed by atoms with Gasteiger partial charge in [0.15, 0.2) is 0 Å². The summed E-state index contributed by atoms with van der Waals surface area (Å²) in [5.74, 6) is 0. The molecule has 1 aromatic heterocycles. The van der Waals surface area contributed by atoms with Crippen LogP contribution in [0.25, 0.3) is 0 Å². The summed E-state index contributed by atoms with van der Waals surface area (Å²) in [7, 11) is 0. The van der Waals surface area contributed by atoms with E-state index in [1.165, 1.54) is 21.6 Å². The fraction of sp³-hybridized carbons (Fsp3) is 0.357. The molecule has 0 saturated carbocycles. The van der Waals surface area contributed by atoms with Gasteiger partial charge in [-0.1, -0.05) is 23.8 Å². The molecule has 2 N–H and O–H groups in total. The second kappa shape index (κ2) is 5.43. The number of hydrogen-bond acceptors (Lipinski definition) is 3. The van der Waals surface area contributed by atoms with Crippen molar-refractivity contribution in [3.05, 3.63) is 51.0 Å². The first-order valence-corrected chi connectivity index (χ1v) is 6.70. The zero-order valence-electron chi connectivity index (χ0n) is 10.4. The average Bonchev–Trinajstić information content (AvgIpc) is 2.71. The molecule has 3 heteroatoms. The van der Waals surface area contributed by atoms with E-state index in [2.05, 4.69) is 37.0 Å². The third-order valence-corrected chi connectivity index (χ3v) is 3.88. The Bertz CT molecular complexity index is 503. The second-order valence-electron chi connectivity index (χ2n) is 4.37. The summed E-state index contributed by atoms with van der Waals surface area (Å²) in [6, 6.07) is 6.62. The van der Waals surface area contributed by atoms with Gasteiger partial charge in [-0.3, -0.25) is 0 Å². The number of nitrogens with zero attached hydrogens (tertiary/aromatic N) is 1. The van der Waals surface area contributed by atoms with Crippen molar-refractivity contribution >= 4 is 11.3 Å². The number of nitrogens with two attached hydrogens (primary N) is 1. The van der Waals surface area contributed by atoms with Crippen LogP contribution in [-0.2, 0) is 12.8 Å². The lowest BCUT2D eigenvalue weighted by Gasteiger charge is -2.04. The Balaban J connectivity index is 2.13. The van der Waals surface area contributed by atoms with Crippen LogP contribution in [0.5, 0.6) is 0 Å². The van der Waals surface area contributed by atoms with Gasteiger partial charge in [0.05, 0.1) is 5.01 Å². The SMILES string of the molecule is Cc1ccc(Cc2cnc(CCN)s2)c(C)c1. The Morgan fingerprint density at radius 1 is 1.29 bits per heavy atom. The molecule has 0 amide bonds. The molecule has 0 unspecified atom stereocenters. The van der Waals surface area contributed by atoms with Gasteiger partial charge in [-0.15, -0.1) is 11.3 Å². The summed E-state index contributed by atoms with van der Waals surface area (Å²) in [5.41, 5.74) is 9.60. The normalized spacial score (nSPS) is 10.8. The number of rotatable bonds is 4. The summed E-state index contributed by atoms with van der Waals surface area (Å²) in [6.07, 6.45) is 3.85. The number of thiazole rings is 1. The Kier molecular flexibility index (Phi) is 3.92. The van der Waals surface area contributed by atoms with Crippen LogP contribution in [-0.4, -0.2) is 11.5 Å². The van der Waals surface area contributed by atoms with Crippen LogP contribution in [0, 0.1) is 13.8 Å². The van der Waals surface area contributed by atoms with Crippen molar-refractivity contribution in [3.8, 4) is 0 Å². The largest absolute Gasteiger partial charge is 0.330 e. The van der Waals surface area contributed by atoms with Crippen molar-refractivity contribution in [3.63, 3.8) is 0 Å². The molecule has 0 atom stereocenters. The fourth-order valence-corrected chi connectivity index (χ4v) is 2.86. The minimum atomic E-state index is 0.677. The first-order chi connectivity index (χ1) is 8.19. The molecule has 0 aliphatic rings. The fourth-order valence-electron chi connectivity index (χ4n) is 1.90. The number of aromatic nitrogens is 1. The maximum absolute atomic E-state index is 5.53. The van der Waals surface area contributed by atoms with Crippen LogP contribution < -0.4 is 5.73 Å². The molecule has 0 fully saturated rings. The highest BCUT2D eigenvalue weighted by Gasteiger charge is 2.04. The third-order valence-electron chi connectivity index (χ3n) is 2.82. The summed E-state index contributed by atoms with van der Waals surface area (Å²) in [6.45, 7) is 4.98. The van der Waals surface area contributed by atoms with Crippen molar-refractivity contribution < 1.29 is 0 Å². The Labute approximate surface area is 107 Å². The van der Waals surface area contributed by atoms with E-state index in [-0.39, 0.29) is 0 Å². The Morgan fingerprint density at radius 3 is 2.82 bits per heavy atom. The van der Waals surface area contributed by atoms with E-state index in [9.17, 15) is 0 Å². The molecular weight excluding hydrogens is 228 g/mol. The Hall–Kier alpha value is -1.19. The molecule has 0 aliphatic carbocycles. The molecule has 0 spiro atoms. The number of benzene rings is 1. The van der Waals surface area contributed by atoms with Crippen molar-refractivity contribution in [2.75, 3.05) is 6.54 Å². The van der Waals surface area contributed by atoms with Gasteiger partial charge in [-0.25, -0.2) is 4.98 Å². The van der Waals surface area contributed by atoms with E-state index < -0.39 is 0 Å². The van der Waals surface area contributed by atoms with Gasteiger partial charge in [0, 0.05) is 23.9 Å². The van der Waals surface area contributed by atoms with Crippen molar-refractivity contribution in [1.82, 2.24) is 4.98 Å². The molecule has 1 aromatic carbocycles. The second-order valence-corrected chi connectivity index (χ2v) is 5.57. The lowest BCUT2D eigenvalue weighted by atomic mass is 10.0. The summed E-state index contributed by atoms with van der Waals surface area (Å²) in [5, 5.41) is 1.15. The highest BCUT2D eigenvalue weighted by atomic mass is 32.1. The smallest absolute Gasteiger partial charge is 0.0940 e. The third kappa shape index (κ3) is 3.14. The minimum absolute atomic E-state index is 0.677. The summed E-state index contributed by atoms with van der Waals surface area (Å²) < 4.78 is 0. The molecule has 2 aromatic rings. The first-order valence-electron chi connectivity index (χ1n) is 5.89. The van der Waals surface area contributed by atoms with E-state index in [0.29, 0.717) is 6.54 Å². The minimum Gasteiger partial charge on any atom is -0.330 e. The lowest BCUT2D eigenvalue weighted by molar-refractivity contribution is 0.952. The topological polar surface area (TPSA) is 38.9 Å². The zero-order chi connectivity index (χ0) is 12.3. The van der Waals surface area contributed by atoms with Crippen LogP contribution >= 0.6 is 11.3 Å². The predicted molar refractivity (Wildman–Crippen MR) is 73.6 cm³/mol. The molecular formula is C14H18N2S. The standard InChI is InChI=1S/C14H18N2S/c1-10-3-4-12(11(2)7-10)8-13-9-16-14(17-13)5-6-15/h3-4,7,9H,5-6,8,15H2,1-2H3. The molecule has 0 saturated heterocycles. The molecule has 2 nitrogen and oxygen atoms in total. The van der Waals surface area contributed by atoms with E-state index in [0.717, 1.165) is 17.8 Å². The highest BCUT2D eigenvalue weighted by molar-refractivity contribution is 7.11. The van der Waals surface area contributed by atoms with Crippen LogP contribution in [0.4, 0.5) is 0 Å². The molecule has 1 heterocycles. The van der Waals surface area contributed by atoms with Crippen LogP contribution in [0.2, 0.25) is 0 Å². The van der Waals surface area contributed by atoms with Gasteiger partial charge >= 0.3 is 0 Å². The molecule has 90 valence electrons. The van der Waals surface area contributed by atoms with E-state index in [4.69, 9.17) is 5.73 Å². The predicted octanol–water partition coefficient (Wildman–Crippen LogP) is 2.85. The van der Waals surface area contributed by atoms with Gasteiger partial charge < -0.3 is 5.73 Å². The monoisotopic (exact) mass is 246 g/mol. The van der Waals surface area contributed by atoms with Gasteiger partial charge in [0.25, 0.3) is 0 Å². The average molecular weight is 246 g/mol. The first kappa shape index (κ1) is 12.3. The van der Waals surface area contributed by atoms with Gasteiger partial charge in [0.1, 0.15) is 0 Å². The zero-order valence-corrected chi connectivity index (χ0v) is 11.2. The number of hydrogen-bond donors (Lipinski definition) is 1. The molecule has 0 radical (unpaired) electrons. The molecule has 0 aliphatic heterocycles. The van der Waals surface area contributed by atoms with E-state index in [1.807, 2.05) is 6.20 Å². The van der Waals surface area contributed by atoms with E-state index >= 15 is 0 Å². The summed E-state index contributed by atoms with van der Waals surface area (Å²) in [4.78, 5) is 5.71. The van der Waals surface area contributed by atoms with Crippen LogP contribution in [0.1, 0.15) is 26.6 Å². The van der Waals surface area contributed by atoms with Crippen molar-refractivity contribution in [2.45, 2.75) is 26.7 Å². The maximum atomic E-state index is 5.53. The molecule has 0 bridgehead atoms. The lowest BCUT2D eigenvalue weighted by Crippen LogP contribution is -2.01. The molecule has 2 rings (SSSR count). The quantitative estimate of drug-likeness (QED) is 0.901. The van der Waals surface area contributed by atoms with Crippen molar-refractivity contribution in [1.29, 1.82) is 0 Å². The van der Waals surface area contributed by atoms with E-state index in [1.54, 1.807) is 11.3 Å². The molecule has 17 heavy (non-hydrogen) atoms. The maximum Gasteiger partial charge on any atom is 0.0940 e. The summed E-state index contributed by atoms with van der Waals surface area (Å²) >= 11 is 1.77. The van der Waals surface area contributed by atoms with Crippen molar-refractivity contribution in [2.24, 2.45) is 5.73 Å². The van der Waals surface area contributed by atoms with Crippen LogP contribution in [0.15, 0.2) is 24.4 Å². The highest BCUT2D eigenvalue weighted by Crippen LogP contribution is 2.20. The van der Waals surface area contributed by atoms with Crippen LogP contribution in [0.3, 0.4) is 0 Å². The van der Waals surface area contributed by atoms with Gasteiger partial charge in [0.2, 0.25) is 0 Å².